The highest BCUT2D eigenvalue weighted by Gasteiger charge is 2.32. The molecule has 3 amide bonds. The van der Waals surface area contributed by atoms with Crippen LogP contribution >= 0.6 is 22.7 Å². The zero-order valence-corrected chi connectivity index (χ0v) is 56.2. The van der Waals surface area contributed by atoms with Crippen molar-refractivity contribution in [2.75, 3.05) is 96.1 Å². The van der Waals surface area contributed by atoms with E-state index in [0.717, 1.165) is 63.0 Å². The van der Waals surface area contributed by atoms with E-state index in [1.54, 1.807) is 74.9 Å². The zero-order valence-electron chi connectivity index (χ0n) is 54.6. The van der Waals surface area contributed by atoms with Gasteiger partial charge in [-0.25, -0.2) is 33.9 Å². The summed E-state index contributed by atoms with van der Waals surface area (Å²) >= 11 is 2.59. The summed E-state index contributed by atoms with van der Waals surface area (Å²) in [6, 6.07) is 19.7. The lowest BCUT2D eigenvalue weighted by Crippen LogP contribution is -2.39. The number of amides is 3. The van der Waals surface area contributed by atoms with Crippen LogP contribution in [0.15, 0.2) is 96.0 Å². The number of nitrogens with zero attached hydrogens (tertiary/aromatic N) is 9. The first-order chi connectivity index (χ1) is 43.5. The summed E-state index contributed by atoms with van der Waals surface area (Å²) in [6.07, 6.45) is 7.27. The Hall–Kier alpha value is -8.58. The van der Waals surface area contributed by atoms with E-state index in [1.165, 1.54) is 22.7 Å². The number of nitrogens with one attached hydrogen (secondary N) is 3. The molecule has 2 saturated heterocycles. The minimum absolute atomic E-state index is 0.178. The van der Waals surface area contributed by atoms with Gasteiger partial charge in [0.2, 0.25) is 11.9 Å². The largest absolute Gasteiger partial charge is 0.477 e. The number of hydrogen-bond acceptors (Lipinski definition) is 21. The molecule has 492 valence electrons. The summed E-state index contributed by atoms with van der Waals surface area (Å²) in [7, 11) is 0. The first-order valence-electron chi connectivity index (χ1n) is 31.2. The Morgan fingerprint density at radius 2 is 0.989 bits per heavy atom. The maximum absolute atomic E-state index is 13.6. The number of carbonyl (C=O) groups excluding carboxylic acids is 5. The van der Waals surface area contributed by atoms with Gasteiger partial charge in [0.05, 0.1) is 23.0 Å². The van der Waals surface area contributed by atoms with Crippen LogP contribution in [0.25, 0.3) is 0 Å². The van der Waals surface area contributed by atoms with Crippen LogP contribution in [-0.2, 0) is 31.9 Å². The lowest BCUT2D eigenvalue weighted by atomic mass is 10.0. The van der Waals surface area contributed by atoms with E-state index in [9.17, 15) is 28.8 Å². The number of anilines is 6. The summed E-state index contributed by atoms with van der Waals surface area (Å²) in [5.41, 5.74) is 1.51. The lowest BCUT2D eigenvalue weighted by Gasteiger charge is -2.28. The Labute approximate surface area is 542 Å². The number of carbonyl (C=O) groups is 6. The van der Waals surface area contributed by atoms with Crippen LogP contribution in [0.5, 0.6) is 11.5 Å². The molecule has 0 radical (unpaired) electrons. The van der Waals surface area contributed by atoms with Crippen molar-refractivity contribution < 1.29 is 52.8 Å². The number of benzene rings is 2. The molecule has 25 heteroatoms. The van der Waals surface area contributed by atoms with Crippen molar-refractivity contribution in [3.63, 3.8) is 0 Å². The van der Waals surface area contributed by atoms with E-state index in [1.807, 2.05) is 129 Å². The molecular formula is C66H90N12O11S2. The highest BCUT2D eigenvalue weighted by atomic mass is 32.1. The van der Waals surface area contributed by atoms with Crippen molar-refractivity contribution >= 4 is 93.6 Å². The number of aromatic carboxylic acids is 1. The van der Waals surface area contributed by atoms with Crippen molar-refractivity contribution in [3.05, 3.63) is 117 Å². The van der Waals surface area contributed by atoms with Gasteiger partial charge in [0, 0.05) is 78.3 Å². The summed E-state index contributed by atoms with van der Waals surface area (Å²) in [5.74, 6) is 1.00. The summed E-state index contributed by atoms with van der Waals surface area (Å²) in [5, 5.41) is 21.8. The lowest BCUT2D eigenvalue weighted by molar-refractivity contribution is -0.156. The van der Waals surface area contributed by atoms with Crippen LogP contribution in [0.4, 0.5) is 44.5 Å². The molecule has 91 heavy (non-hydrogen) atoms. The monoisotopic (exact) mass is 1290 g/mol. The first kappa shape index (κ1) is 71.5. The molecule has 2 aliphatic rings. The fourth-order valence-corrected chi connectivity index (χ4v) is 10.8. The molecule has 2 aromatic carbocycles. The number of likely N-dealkylation sites (tertiary alicyclic amines) is 2. The Morgan fingerprint density at radius 1 is 0.571 bits per heavy atom. The highest BCUT2D eigenvalue weighted by molar-refractivity contribution is 7.12. The molecule has 8 rings (SSSR count). The van der Waals surface area contributed by atoms with E-state index in [0.29, 0.717) is 102 Å². The molecule has 6 aromatic rings. The van der Waals surface area contributed by atoms with Crippen molar-refractivity contribution in [2.24, 2.45) is 0 Å². The van der Waals surface area contributed by atoms with Gasteiger partial charge in [0.1, 0.15) is 45.3 Å². The number of ether oxygens (including phenoxy) is 4. The molecule has 0 saturated carbocycles. The topological polar surface area (TPSA) is 263 Å². The first-order valence-corrected chi connectivity index (χ1v) is 32.9. The van der Waals surface area contributed by atoms with Gasteiger partial charge in [-0.3, -0.25) is 4.79 Å². The second-order valence-electron chi connectivity index (χ2n) is 23.3. The number of thiophene rings is 2. The van der Waals surface area contributed by atoms with Crippen LogP contribution in [0, 0.1) is 0 Å². The molecule has 2 atom stereocenters. The molecule has 6 heterocycles. The van der Waals surface area contributed by atoms with E-state index in [-0.39, 0.29) is 30.5 Å². The fourth-order valence-electron chi connectivity index (χ4n) is 9.60. The predicted octanol–water partition coefficient (Wildman–Crippen LogP) is 12.2. The number of aromatic nitrogens is 4. The number of hydrogen-bond donors (Lipinski definition) is 4. The van der Waals surface area contributed by atoms with Gasteiger partial charge < -0.3 is 64.5 Å². The average molecular weight is 1290 g/mol. The molecule has 2 fully saturated rings. The van der Waals surface area contributed by atoms with Crippen molar-refractivity contribution in [2.45, 2.75) is 145 Å². The number of esters is 2. The fraction of sp³-hybridized carbons (Fsp3) is 0.485. The third kappa shape index (κ3) is 22.1. The smallest absolute Gasteiger partial charge is 0.415 e. The Balaban J connectivity index is 0.000000260. The minimum atomic E-state index is -0.851. The van der Waals surface area contributed by atoms with Crippen LogP contribution < -0.4 is 40.1 Å². The third-order valence-corrected chi connectivity index (χ3v) is 15.9. The molecule has 0 unspecified atom stereocenters. The van der Waals surface area contributed by atoms with Gasteiger partial charge >= 0.3 is 30.1 Å². The van der Waals surface area contributed by atoms with Gasteiger partial charge in [0.15, 0.2) is 11.6 Å². The summed E-state index contributed by atoms with van der Waals surface area (Å²) < 4.78 is 22.6. The molecular weight excluding hydrogens is 1200 g/mol. The molecule has 4 aromatic heterocycles. The summed E-state index contributed by atoms with van der Waals surface area (Å²) in [6.45, 7) is 29.8. The molecule has 0 aliphatic carbocycles. The highest BCUT2D eigenvalue weighted by Crippen LogP contribution is 2.31. The van der Waals surface area contributed by atoms with Gasteiger partial charge in [-0.05, 0) is 167 Å². The van der Waals surface area contributed by atoms with E-state index in [4.69, 9.17) is 34.0 Å². The molecule has 23 nitrogen and oxygen atoms in total. The Bertz CT molecular complexity index is 3270. The maximum Gasteiger partial charge on any atom is 0.415 e. The van der Waals surface area contributed by atoms with Crippen LogP contribution in [0.2, 0.25) is 0 Å². The van der Waals surface area contributed by atoms with Crippen LogP contribution in [0.3, 0.4) is 0 Å². The number of carboxylic acids is 1. The van der Waals surface area contributed by atoms with Gasteiger partial charge in [0.25, 0.3) is 5.91 Å². The molecule has 4 N–H and O–H groups in total. The second kappa shape index (κ2) is 34.6. The second-order valence-corrected chi connectivity index (χ2v) is 25.2. The normalized spacial score (nSPS) is 13.5. The van der Waals surface area contributed by atoms with Crippen molar-refractivity contribution in [1.29, 1.82) is 0 Å². The number of carboxylic acid groups (broad SMARTS) is 1. The third-order valence-electron chi connectivity index (χ3n) is 14.2. The van der Waals surface area contributed by atoms with E-state index < -0.39 is 35.2 Å². The van der Waals surface area contributed by atoms with Gasteiger partial charge in [-0.15, -0.1) is 22.7 Å². The quantitative estimate of drug-likeness (QED) is 0.0410. The minimum Gasteiger partial charge on any atom is -0.477 e. The van der Waals surface area contributed by atoms with Crippen LogP contribution in [-0.4, -0.2) is 160 Å². The standard InChI is InChI=1S/C33H44N6O5S.C28H42N6O4.C5H4O2S/c1-7-37(8-2)31-34-22-26(39(9-3)29(40)27-13-12-20-45-27)28(36-31)35-25(30(41)44-33(4,5)6)21-23-14-16-24(17-15-23)43-32(42)38-18-10-11-19-38;1-7-29-23-19-30-26(33(8-2)9-3)32-24(23)31-22(25(35)38-28(4,5)6)18-20-12-14-21(15-13-20)37-27(36)34-16-10-11-17-34;6-5(7)4-2-1-3-8-4/h12-17,20,22,25H,7-11,18-19,21H2,1-6H3,(H,34,35,36);12-15,19,22,29H,7-11,16-18H2,1-6H3,(H,30,31,32);1-3H,(H,6,7)/t25-;22-;/m11./s1. The Morgan fingerprint density at radius 3 is 1.36 bits per heavy atom. The van der Waals surface area contributed by atoms with Gasteiger partial charge in [-0.2, -0.15) is 9.97 Å². The van der Waals surface area contributed by atoms with E-state index >= 15 is 0 Å². The molecule has 0 spiro atoms. The predicted molar refractivity (Wildman–Crippen MR) is 359 cm³/mol. The van der Waals surface area contributed by atoms with E-state index in [2.05, 4.69) is 25.9 Å². The summed E-state index contributed by atoms with van der Waals surface area (Å²) in [4.78, 5) is 104. The van der Waals surface area contributed by atoms with Crippen molar-refractivity contribution in [3.8, 4) is 11.5 Å². The van der Waals surface area contributed by atoms with Crippen molar-refractivity contribution in [1.82, 2.24) is 29.7 Å². The Kier molecular flexibility index (Phi) is 27.2. The zero-order chi connectivity index (χ0) is 66.3. The average Bonchev–Trinajstić information content (AvgIpc) is 0.999. The maximum atomic E-state index is 13.6. The number of rotatable bonds is 24. The SMILES string of the molecule is CCN(CC)c1ncc(N(CC)C(=O)c2cccs2)c(N[C@H](Cc2ccc(OC(=O)N3CCCC3)cc2)C(=O)OC(C)(C)C)n1.CCNc1cnc(N(CC)CC)nc1N[C@H](Cc1ccc(OC(=O)N2CCCC2)cc1)C(=O)OC(C)(C)C.O=C(O)c1cccs1. The molecule has 2 aliphatic heterocycles. The van der Waals surface area contributed by atoms with Crippen LogP contribution in [0.1, 0.15) is 139 Å². The molecule has 0 bridgehead atoms. The van der Waals surface area contributed by atoms with Gasteiger partial charge in [-0.1, -0.05) is 36.4 Å².